The summed E-state index contributed by atoms with van der Waals surface area (Å²) in [6, 6.07) is 3.71. The van der Waals surface area contributed by atoms with Gasteiger partial charge in [0.1, 0.15) is 0 Å². The zero-order chi connectivity index (χ0) is 12.1. The van der Waals surface area contributed by atoms with Crippen molar-refractivity contribution in [3.05, 3.63) is 35.2 Å². The van der Waals surface area contributed by atoms with Gasteiger partial charge in [-0.05, 0) is 28.4 Å². The van der Waals surface area contributed by atoms with Crippen LogP contribution in [-0.2, 0) is 6.54 Å². The third-order valence-electron chi connectivity index (χ3n) is 2.27. The molecule has 0 aliphatic rings. The van der Waals surface area contributed by atoms with Crippen molar-refractivity contribution in [2.45, 2.75) is 26.3 Å². The Balaban J connectivity index is 1.98. The fourth-order valence-electron chi connectivity index (χ4n) is 1.38. The van der Waals surface area contributed by atoms with Crippen LogP contribution in [0.3, 0.4) is 0 Å². The second-order valence-corrected chi connectivity index (χ2v) is 4.63. The number of nitrogens with zero attached hydrogens (tertiary/aromatic N) is 3. The first-order chi connectivity index (χ1) is 8.28. The molecule has 0 atom stereocenters. The Morgan fingerprint density at radius 1 is 1.35 bits per heavy atom. The molecule has 2 rings (SSSR count). The summed E-state index contributed by atoms with van der Waals surface area (Å²) in [7, 11) is 0. The average molecular weight is 296 g/mol. The van der Waals surface area contributed by atoms with Gasteiger partial charge in [-0.2, -0.15) is 5.10 Å². The molecule has 17 heavy (non-hydrogen) atoms. The molecule has 0 saturated heterocycles. The lowest BCUT2D eigenvalue weighted by Gasteiger charge is -2.01. The summed E-state index contributed by atoms with van der Waals surface area (Å²) in [6.07, 6.45) is 7.58. The molecule has 0 radical (unpaired) electrons. The van der Waals surface area contributed by atoms with E-state index >= 15 is 0 Å². The van der Waals surface area contributed by atoms with Gasteiger partial charge in [-0.1, -0.05) is 13.3 Å². The van der Waals surface area contributed by atoms with Crippen LogP contribution in [0.1, 0.15) is 19.8 Å². The topological polar surface area (TPSA) is 39.9 Å². The maximum Gasteiger partial charge on any atom is 0.219 e. The Labute approximate surface area is 109 Å². The van der Waals surface area contributed by atoms with Gasteiger partial charge >= 0.3 is 0 Å². The fourth-order valence-corrected chi connectivity index (χ4v) is 1.62. The first kappa shape index (κ1) is 12.1. The number of unbranched alkanes of at least 4 members (excludes halogenated alkanes) is 1. The van der Waals surface area contributed by atoms with E-state index in [1.165, 1.54) is 0 Å². The summed E-state index contributed by atoms with van der Waals surface area (Å²) < 4.78 is 8.40. The summed E-state index contributed by atoms with van der Waals surface area (Å²) in [5, 5.41) is 4.22. The number of aryl methyl sites for hydroxylation is 1. The number of rotatable bonds is 5. The Kier molecular flexibility index (Phi) is 4.14. The normalized spacial score (nSPS) is 10.5. The molecule has 2 aromatic heterocycles. The van der Waals surface area contributed by atoms with Crippen molar-refractivity contribution in [1.82, 2.24) is 14.8 Å². The van der Waals surface area contributed by atoms with Crippen LogP contribution >= 0.6 is 15.9 Å². The third-order valence-corrected chi connectivity index (χ3v) is 2.74. The molecule has 2 heterocycles. The van der Waals surface area contributed by atoms with Crippen LogP contribution in [0.25, 0.3) is 0 Å². The summed E-state index contributed by atoms with van der Waals surface area (Å²) in [5.74, 6) is 1.29. The van der Waals surface area contributed by atoms with Gasteiger partial charge in [0.2, 0.25) is 5.88 Å². The molecule has 0 spiro atoms. The largest absolute Gasteiger partial charge is 0.436 e. The van der Waals surface area contributed by atoms with Crippen LogP contribution in [-0.4, -0.2) is 14.8 Å². The van der Waals surface area contributed by atoms with E-state index in [1.807, 2.05) is 23.0 Å². The van der Waals surface area contributed by atoms with Crippen molar-refractivity contribution in [3.8, 4) is 11.6 Å². The van der Waals surface area contributed by atoms with Gasteiger partial charge in [0.05, 0.1) is 12.4 Å². The first-order valence-corrected chi connectivity index (χ1v) is 6.39. The lowest BCUT2D eigenvalue weighted by atomic mass is 10.3. The Bertz CT molecular complexity index is 467. The summed E-state index contributed by atoms with van der Waals surface area (Å²) in [6.45, 7) is 3.08. The van der Waals surface area contributed by atoms with Gasteiger partial charge in [-0.25, -0.2) is 4.98 Å². The van der Waals surface area contributed by atoms with Crippen molar-refractivity contribution in [1.29, 1.82) is 0 Å². The minimum absolute atomic E-state index is 0.572. The minimum Gasteiger partial charge on any atom is -0.436 e. The van der Waals surface area contributed by atoms with Crippen molar-refractivity contribution >= 4 is 15.9 Å². The molecule has 0 saturated carbocycles. The molecule has 0 fully saturated rings. The first-order valence-electron chi connectivity index (χ1n) is 5.60. The van der Waals surface area contributed by atoms with E-state index in [1.54, 1.807) is 12.4 Å². The quantitative estimate of drug-likeness (QED) is 0.845. The van der Waals surface area contributed by atoms with Crippen LogP contribution in [0.4, 0.5) is 0 Å². The van der Waals surface area contributed by atoms with Gasteiger partial charge < -0.3 is 4.74 Å². The van der Waals surface area contributed by atoms with E-state index in [4.69, 9.17) is 4.74 Å². The number of hydrogen-bond donors (Lipinski definition) is 0. The average Bonchev–Trinajstić information content (AvgIpc) is 2.77. The van der Waals surface area contributed by atoms with Crippen molar-refractivity contribution in [2.75, 3.05) is 0 Å². The number of halogens is 1. The second kappa shape index (κ2) is 5.82. The van der Waals surface area contributed by atoms with Gasteiger partial charge in [0.25, 0.3) is 0 Å². The number of pyridine rings is 1. The molecular formula is C12H14BrN3O. The summed E-state index contributed by atoms with van der Waals surface area (Å²) >= 11 is 3.33. The maximum absolute atomic E-state index is 5.58. The maximum atomic E-state index is 5.58. The highest BCUT2D eigenvalue weighted by molar-refractivity contribution is 9.10. The molecular weight excluding hydrogens is 282 g/mol. The van der Waals surface area contributed by atoms with E-state index in [0.717, 1.165) is 29.6 Å². The molecule has 4 nitrogen and oxygen atoms in total. The fraction of sp³-hybridized carbons (Fsp3) is 0.333. The number of aromatic nitrogens is 3. The highest BCUT2D eigenvalue weighted by Crippen LogP contribution is 2.19. The van der Waals surface area contributed by atoms with Crippen LogP contribution in [0.5, 0.6) is 11.6 Å². The van der Waals surface area contributed by atoms with E-state index in [0.29, 0.717) is 5.88 Å². The molecule has 0 unspecified atom stereocenters. The second-order valence-electron chi connectivity index (χ2n) is 3.71. The SMILES string of the molecule is CCCCn1cc(Oc2ccc(Br)cn2)cn1. The van der Waals surface area contributed by atoms with Gasteiger partial charge in [0.15, 0.2) is 5.75 Å². The zero-order valence-corrected chi connectivity index (χ0v) is 11.2. The minimum atomic E-state index is 0.572. The molecule has 0 aliphatic heterocycles. The predicted octanol–water partition coefficient (Wildman–Crippen LogP) is 3.63. The lowest BCUT2D eigenvalue weighted by Crippen LogP contribution is -1.96. The van der Waals surface area contributed by atoms with E-state index < -0.39 is 0 Å². The van der Waals surface area contributed by atoms with Crippen molar-refractivity contribution < 1.29 is 4.74 Å². The number of ether oxygens (including phenoxy) is 1. The Morgan fingerprint density at radius 2 is 2.24 bits per heavy atom. The highest BCUT2D eigenvalue weighted by Gasteiger charge is 2.02. The predicted molar refractivity (Wildman–Crippen MR) is 69.1 cm³/mol. The molecule has 0 N–H and O–H groups in total. The van der Waals surface area contributed by atoms with Crippen LogP contribution in [0, 0.1) is 0 Å². The van der Waals surface area contributed by atoms with Crippen LogP contribution in [0.15, 0.2) is 35.2 Å². The van der Waals surface area contributed by atoms with Gasteiger partial charge in [0, 0.05) is 23.3 Å². The molecule has 0 aromatic carbocycles. The molecule has 0 aliphatic carbocycles. The Hall–Kier alpha value is -1.36. The molecule has 90 valence electrons. The van der Waals surface area contributed by atoms with Crippen molar-refractivity contribution in [3.63, 3.8) is 0 Å². The summed E-state index contributed by atoms with van der Waals surface area (Å²) in [4.78, 5) is 4.14. The van der Waals surface area contributed by atoms with Gasteiger partial charge in [-0.15, -0.1) is 0 Å². The zero-order valence-electron chi connectivity index (χ0n) is 9.64. The molecule has 2 aromatic rings. The van der Waals surface area contributed by atoms with Gasteiger partial charge in [-0.3, -0.25) is 4.68 Å². The van der Waals surface area contributed by atoms with E-state index in [2.05, 4.69) is 32.9 Å². The van der Waals surface area contributed by atoms with E-state index in [-0.39, 0.29) is 0 Å². The molecule has 0 bridgehead atoms. The third kappa shape index (κ3) is 3.56. The monoisotopic (exact) mass is 295 g/mol. The Morgan fingerprint density at radius 3 is 2.94 bits per heavy atom. The molecule has 0 amide bonds. The summed E-state index contributed by atoms with van der Waals surface area (Å²) in [5.41, 5.74) is 0. The van der Waals surface area contributed by atoms with E-state index in [9.17, 15) is 0 Å². The lowest BCUT2D eigenvalue weighted by molar-refractivity contribution is 0.460. The van der Waals surface area contributed by atoms with Crippen molar-refractivity contribution in [2.24, 2.45) is 0 Å². The smallest absolute Gasteiger partial charge is 0.219 e. The number of hydrogen-bond acceptors (Lipinski definition) is 3. The standard InChI is InChI=1S/C12H14BrN3O/c1-2-3-6-16-9-11(8-15-16)17-12-5-4-10(13)7-14-12/h4-5,7-9H,2-3,6H2,1H3. The highest BCUT2D eigenvalue weighted by atomic mass is 79.9. The van der Waals surface area contributed by atoms with Crippen LogP contribution in [0.2, 0.25) is 0 Å². The van der Waals surface area contributed by atoms with Crippen LogP contribution < -0.4 is 4.74 Å². The molecule has 5 heteroatoms.